The van der Waals surface area contributed by atoms with E-state index < -0.39 is 5.82 Å². The van der Waals surface area contributed by atoms with Gasteiger partial charge in [-0.1, -0.05) is 13.0 Å². The zero-order valence-electron chi connectivity index (χ0n) is 11.9. The Kier molecular flexibility index (Phi) is 4.95. The normalized spacial score (nSPS) is 19.1. The Morgan fingerprint density at radius 3 is 3.05 bits per heavy atom. The molecule has 110 valence electrons. The first-order valence-corrected chi connectivity index (χ1v) is 7.13. The zero-order chi connectivity index (χ0) is 14.5. The number of hydrogen-bond acceptors (Lipinski definition) is 3. The van der Waals surface area contributed by atoms with Crippen LogP contribution in [0, 0.1) is 11.2 Å². The molecule has 20 heavy (non-hydrogen) atoms. The molecule has 5 heteroatoms. The van der Waals surface area contributed by atoms with Gasteiger partial charge >= 0.3 is 0 Å². The van der Waals surface area contributed by atoms with E-state index in [4.69, 9.17) is 15.9 Å². The third-order valence-corrected chi connectivity index (χ3v) is 3.54. The van der Waals surface area contributed by atoms with Crippen molar-refractivity contribution in [3.05, 3.63) is 29.6 Å². The average Bonchev–Trinajstić information content (AvgIpc) is 2.44. The molecule has 1 saturated heterocycles. The molecule has 0 radical (unpaired) electrons. The van der Waals surface area contributed by atoms with E-state index in [1.54, 1.807) is 6.07 Å². The van der Waals surface area contributed by atoms with Gasteiger partial charge in [0.05, 0.1) is 17.4 Å². The van der Waals surface area contributed by atoms with Crippen LogP contribution in [0.1, 0.15) is 31.7 Å². The SMILES string of the molecule is CCCOC1CCCN(c2cccc(F)c2C(=N)N)C1. The number of anilines is 1. The number of ether oxygens (including phenoxy) is 1. The maximum Gasteiger partial charge on any atom is 0.136 e. The lowest BCUT2D eigenvalue weighted by Crippen LogP contribution is -2.41. The molecule has 0 saturated carbocycles. The van der Waals surface area contributed by atoms with E-state index in [1.807, 2.05) is 6.07 Å². The predicted octanol–water partition coefficient (Wildman–Crippen LogP) is 2.51. The predicted molar refractivity (Wildman–Crippen MR) is 78.9 cm³/mol. The molecule has 1 atom stereocenters. The minimum atomic E-state index is -0.438. The standard InChI is InChI=1S/C15H22FN3O/c1-2-9-20-11-5-4-8-19(10-11)13-7-3-6-12(16)14(13)15(17)18/h3,6-7,11H,2,4-5,8-10H2,1H3,(H3,17,18). The van der Waals surface area contributed by atoms with Gasteiger partial charge in [-0.2, -0.15) is 0 Å². The van der Waals surface area contributed by atoms with Crippen molar-refractivity contribution in [2.24, 2.45) is 5.73 Å². The molecule has 1 fully saturated rings. The maximum atomic E-state index is 13.9. The van der Waals surface area contributed by atoms with Crippen LogP contribution >= 0.6 is 0 Å². The number of rotatable bonds is 5. The van der Waals surface area contributed by atoms with Gasteiger partial charge in [0.15, 0.2) is 0 Å². The molecule has 0 aliphatic carbocycles. The molecule has 4 nitrogen and oxygen atoms in total. The second-order valence-electron chi connectivity index (χ2n) is 5.13. The summed E-state index contributed by atoms with van der Waals surface area (Å²) in [5.41, 5.74) is 6.42. The first-order chi connectivity index (χ1) is 9.63. The highest BCUT2D eigenvalue weighted by Crippen LogP contribution is 2.26. The zero-order valence-corrected chi connectivity index (χ0v) is 11.9. The van der Waals surface area contributed by atoms with E-state index in [0.717, 1.165) is 39.0 Å². The van der Waals surface area contributed by atoms with Crippen LogP contribution in [0.3, 0.4) is 0 Å². The molecule has 1 aliphatic rings. The second kappa shape index (κ2) is 6.70. The highest BCUT2D eigenvalue weighted by molar-refractivity contribution is 6.00. The molecule has 1 aliphatic heterocycles. The van der Waals surface area contributed by atoms with E-state index >= 15 is 0 Å². The largest absolute Gasteiger partial charge is 0.384 e. The maximum absolute atomic E-state index is 13.9. The third kappa shape index (κ3) is 3.28. The molecule has 0 aromatic heterocycles. The van der Waals surface area contributed by atoms with E-state index in [2.05, 4.69) is 11.8 Å². The smallest absolute Gasteiger partial charge is 0.136 e. The number of nitrogens with zero attached hydrogens (tertiary/aromatic N) is 1. The Bertz CT molecular complexity index is 478. The molecule has 1 aromatic carbocycles. The lowest BCUT2D eigenvalue weighted by molar-refractivity contribution is 0.0440. The van der Waals surface area contributed by atoms with Gasteiger partial charge in [-0.15, -0.1) is 0 Å². The van der Waals surface area contributed by atoms with E-state index in [-0.39, 0.29) is 17.5 Å². The average molecular weight is 279 g/mol. The summed E-state index contributed by atoms with van der Waals surface area (Å²) < 4.78 is 19.7. The highest BCUT2D eigenvalue weighted by atomic mass is 19.1. The van der Waals surface area contributed by atoms with Crippen LogP contribution in [-0.2, 0) is 4.74 Å². The van der Waals surface area contributed by atoms with Crippen LogP contribution in [0.5, 0.6) is 0 Å². The lowest BCUT2D eigenvalue weighted by Gasteiger charge is -2.35. The van der Waals surface area contributed by atoms with Gasteiger partial charge in [0.2, 0.25) is 0 Å². The van der Waals surface area contributed by atoms with Crippen molar-refractivity contribution < 1.29 is 9.13 Å². The van der Waals surface area contributed by atoms with Crippen molar-refractivity contribution in [3.63, 3.8) is 0 Å². The molecule has 0 spiro atoms. The minimum absolute atomic E-state index is 0.173. The number of amidine groups is 1. The Hall–Kier alpha value is -1.62. The van der Waals surface area contributed by atoms with Crippen molar-refractivity contribution in [1.82, 2.24) is 0 Å². The fourth-order valence-corrected chi connectivity index (χ4v) is 2.62. The monoisotopic (exact) mass is 279 g/mol. The number of piperidine rings is 1. The van der Waals surface area contributed by atoms with Gasteiger partial charge in [-0.05, 0) is 31.4 Å². The van der Waals surface area contributed by atoms with Crippen molar-refractivity contribution in [1.29, 1.82) is 5.41 Å². The third-order valence-electron chi connectivity index (χ3n) is 3.54. The number of nitrogens with two attached hydrogens (primary N) is 1. The van der Waals surface area contributed by atoms with E-state index in [0.29, 0.717) is 5.69 Å². The topological polar surface area (TPSA) is 62.3 Å². The molecule has 1 aromatic rings. The molecular weight excluding hydrogens is 257 g/mol. The summed E-state index contributed by atoms with van der Waals surface area (Å²) in [6.07, 6.45) is 3.20. The Balaban J connectivity index is 2.18. The van der Waals surface area contributed by atoms with Gasteiger partial charge < -0.3 is 15.4 Å². The van der Waals surface area contributed by atoms with Gasteiger partial charge in [-0.3, -0.25) is 5.41 Å². The number of nitrogen functional groups attached to an aromatic ring is 1. The van der Waals surface area contributed by atoms with Crippen molar-refractivity contribution in [3.8, 4) is 0 Å². The van der Waals surface area contributed by atoms with Gasteiger partial charge in [0.25, 0.3) is 0 Å². The Morgan fingerprint density at radius 2 is 2.35 bits per heavy atom. The quantitative estimate of drug-likeness (QED) is 0.643. The molecule has 0 bridgehead atoms. The minimum Gasteiger partial charge on any atom is -0.384 e. The summed E-state index contributed by atoms with van der Waals surface area (Å²) in [5.74, 6) is -0.665. The first kappa shape index (κ1) is 14.8. The van der Waals surface area contributed by atoms with Crippen LogP contribution in [0.15, 0.2) is 18.2 Å². The van der Waals surface area contributed by atoms with Crippen LogP contribution in [0.25, 0.3) is 0 Å². The molecular formula is C15H22FN3O. The fraction of sp³-hybridized carbons (Fsp3) is 0.533. The van der Waals surface area contributed by atoms with Gasteiger partial charge in [0.1, 0.15) is 11.7 Å². The summed E-state index contributed by atoms with van der Waals surface area (Å²) in [4.78, 5) is 2.07. The summed E-state index contributed by atoms with van der Waals surface area (Å²) in [6.45, 7) is 4.40. The first-order valence-electron chi connectivity index (χ1n) is 7.13. The Labute approximate surface area is 119 Å². The summed E-state index contributed by atoms with van der Waals surface area (Å²) in [6, 6.07) is 4.82. The van der Waals surface area contributed by atoms with Crippen LogP contribution in [-0.4, -0.2) is 31.6 Å². The van der Waals surface area contributed by atoms with Crippen LogP contribution in [0.4, 0.5) is 10.1 Å². The van der Waals surface area contributed by atoms with E-state index in [1.165, 1.54) is 6.07 Å². The highest BCUT2D eigenvalue weighted by Gasteiger charge is 2.24. The number of benzene rings is 1. The molecule has 1 heterocycles. The fourth-order valence-electron chi connectivity index (χ4n) is 2.62. The van der Waals surface area contributed by atoms with Crippen molar-refractivity contribution >= 4 is 11.5 Å². The molecule has 3 N–H and O–H groups in total. The molecule has 2 rings (SSSR count). The second-order valence-corrected chi connectivity index (χ2v) is 5.13. The van der Waals surface area contributed by atoms with Crippen molar-refractivity contribution in [2.45, 2.75) is 32.3 Å². The summed E-state index contributed by atoms with van der Waals surface area (Å²) >= 11 is 0. The lowest BCUT2D eigenvalue weighted by atomic mass is 10.0. The van der Waals surface area contributed by atoms with Gasteiger partial charge in [-0.25, -0.2) is 4.39 Å². The van der Waals surface area contributed by atoms with Crippen molar-refractivity contribution in [2.75, 3.05) is 24.6 Å². The van der Waals surface area contributed by atoms with Crippen LogP contribution < -0.4 is 10.6 Å². The Morgan fingerprint density at radius 1 is 1.55 bits per heavy atom. The molecule has 1 unspecified atom stereocenters. The number of nitrogens with one attached hydrogen (secondary N) is 1. The number of hydrogen-bond donors (Lipinski definition) is 2. The summed E-state index contributed by atoms with van der Waals surface area (Å²) in [5, 5.41) is 7.58. The van der Waals surface area contributed by atoms with Gasteiger partial charge in [0, 0.05) is 19.7 Å². The molecule has 0 amide bonds. The van der Waals surface area contributed by atoms with E-state index in [9.17, 15) is 4.39 Å². The number of halogens is 1. The van der Waals surface area contributed by atoms with Crippen LogP contribution in [0.2, 0.25) is 0 Å². The summed E-state index contributed by atoms with van der Waals surface area (Å²) in [7, 11) is 0.